The number of carboxylic acids is 1. The van der Waals surface area contributed by atoms with Crippen LogP contribution in [0.25, 0.3) is 0 Å². The Morgan fingerprint density at radius 1 is 1.50 bits per heavy atom. The Bertz CT molecular complexity index is 195. The van der Waals surface area contributed by atoms with Crippen LogP contribution in [-0.2, 0) is 9.53 Å². The Morgan fingerprint density at radius 3 is 3.08 bits per heavy atom. The van der Waals surface area contributed by atoms with Gasteiger partial charge in [-0.25, -0.2) is 0 Å². The normalized spacial score (nSPS) is 40.8. The van der Waals surface area contributed by atoms with Gasteiger partial charge in [-0.15, -0.1) is 0 Å². The van der Waals surface area contributed by atoms with E-state index in [1.54, 1.807) is 0 Å². The van der Waals surface area contributed by atoms with Gasteiger partial charge in [-0.2, -0.15) is 0 Å². The Labute approximate surface area is 70.9 Å². The minimum atomic E-state index is -0.669. The standard InChI is InChI=1S/C8H13NO3/c10-8(11)5-1-2-9-7-4-12-3-6(5)7/h5-7,9H,1-4H2,(H,10,11)/t5-,6+,7-/m1/s1. The average Bonchev–Trinajstić information content (AvgIpc) is 2.49. The zero-order chi connectivity index (χ0) is 8.55. The van der Waals surface area contributed by atoms with Crippen molar-refractivity contribution in [3.05, 3.63) is 0 Å². The molecular weight excluding hydrogens is 158 g/mol. The molecule has 0 aliphatic carbocycles. The van der Waals surface area contributed by atoms with E-state index in [9.17, 15) is 4.79 Å². The molecular formula is C8H13NO3. The summed E-state index contributed by atoms with van der Waals surface area (Å²) >= 11 is 0. The molecule has 0 aromatic heterocycles. The van der Waals surface area contributed by atoms with E-state index in [2.05, 4.69) is 5.32 Å². The van der Waals surface area contributed by atoms with Crippen molar-refractivity contribution in [1.82, 2.24) is 5.32 Å². The first-order valence-corrected chi connectivity index (χ1v) is 4.33. The fourth-order valence-electron chi connectivity index (χ4n) is 2.12. The highest BCUT2D eigenvalue weighted by Gasteiger charge is 2.40. The number of ether oxygens (including phenoxy) is 1. The number of aliphatic carboxylic acids is 1. The first kappa shape index (κ1) is 8.01. The van der Waals surface area contributed by atoms with Crippen LogP contribution in [0, 0.1) is 11.8 Å². The van der Waals surface area contributed by atoms with Crippen molar-refractivity contribution in [3.63, 3.8) is 0 Å². The van der Waals surface area contributed by atoms with Crippen LogP contribution in [-0.4, -0.2) is 36.9 Å². The number of fused-ring (bicyclic) bond motifs is 1. The molecule has 3 atom stereocenters. The van der Waals surface area contributed by atoms with E-state index >= 15 is 0 Å². The summed E-state index contributed by atoms with van der Waals surface area (Å²) in [5.74, 6) is -0.674. The van der Waals surface area contributed by atoms with Gasteiger partial charge < -0.3 is 15.2 Å². The molecule has 0 radical (unpaired) electrons. The average molecular weight is 171 g/mol. The third-order valence-corrected chi connectivity index (χ3v) is 2.82. The van der Waals surface area contributed by atoms with Crippen molar-refractivity contribution < 1.29 is 14.6 Å². The minimum Gasteiger partial charge on any atom is -0.481 e. The molecule has 0 amide bonds. The number of carbonyl (C=O) groups is 1. The van der Waals surface area contributed by atoms with Gasteiger partial charge in [0.05, 0.1) is 19.1 Å². The summed E-state index contributed by atoms with van der Waals surface area (Å²) < 4.78 is 5.25. The summed E-state index contributed by atoms with van der Waals surface area (Å²) in [5, 5.41) is 12.2. The van der Waals surface area contributed by atoms with Gasteiger partial charge in [0, 0.05) is 12.0 Å². The zero-order valence-electron chi connectivity index (χ0n) is 6.82. The van der Waals surface area contributed by atoms with Crippen LogP contribution >= 0.6 is 0 Å². The molecule has 0 aromatic carbocycles. The number of carboxylic acid groups (broad SMARTS) is 1. The molecule has 2 fully saturated rings. The lowest BCUT2D eigenvalue weighted by atomic mass is 9.83. The van der Waals surface area contributed by atoms with E-state index < -0.39 is 5.97 Å². The Balaban J connectivity index is 2.08. The van der Waals surface area contributed by atoms with Crippen molar-refractivity contribution in [3.8, 4) is 0 Å². The van der Waals surface area contributed by atoms with Crippen molar-refractivity contribution in [2.45, 2.75) is 12.5 Å². The fourth-order valence-corrected chi connectivity index (χ4v) is 2.12. The molecule has 2 rings (SSSR count). The molecule has 0 bridgehead atoms. The summed E-state index contributed by atoms with van der Waals surface area (Å²) in [7, 11) is 0. The van der Waals surface area contributed by atoms with Crippen molar-refractivity contribution >= 4 is 5.97 Å². The number of hydrogen-bond acceptors (Lipinski definition) is 3. The van der Waals surface area contributed by atoms with Gasteiger partial charge >= 0.3 is 5.97 Å². The monoisotopic (exact) mass is 171 g/mol. The van der Waals surface area contributed by atoms with Gasteiger partial charge in [0.25, 0.3) is 0 Å². The van der Waals surface area contributed by atoms with E-state index in [0.717, 1.165) is 13.0 Å². The number of nitrogens with one attached hydrogen (secondary N) is 1. The lowest BCUT2D eigenvalue weighted by Gasteiger charge is -2.30. The summed E-state index contributed by atoms with van der Waals surface area (Å²) in [6.45, 7) is 2.09. The van der Waals surface area contributed by atoms with Gasteiger partial charge in [0.2, 0.25) is 0 Å². The summed E-state index contributed by atoms with van der Waals surface area (Å²) in [6.07, 6.45) is 0.736. The predicted molar refractivity (Wildman–Crippen MR) is 41.8 cm³/mol. The Kier molecular flexibility index (Phi) is 2.02. The molecule has 4 nitrogen and oxygen atoms in total. The molecule has 0 spiro atoms. The van der Waals surface area contributed by atoms with Crippen LogP contribution in [0.15, 0.2) is 0 Å². The number of piperidine rings is 1. The molecule has 2 aliphatic heterocycles. The second kappa shape index (κ2) is 3.03. The molecule has 0 saturated carbocycles. The smallest absolute Gasteiger partial charge is 0.306 e. The maximum Gasteiger partial charge on any atom is 0.306 e. The summed E-state index contributed by atoms with van der Waals surface area (Å²) in [6, 6.07) is 0.278. The van der Waals surface area contributed by atoms with E-state index in [0.29, 0.717) is 13.2 Å². The van der Waals surface area contributed by atoms with Crippen LogP contribution in [0.2, 0.25) is 0 Å². The maximum absolute atomic E-state index is 10.8. The molecule has 4 heteroatoms. The highest BCUT2D eigenvalue weighted by Crippen LogP contribution is 2.28. The highest BCUT2D eigenvalue weighted by atomic mass is 16.5. The Morgan fingerprint density at radius 2 is 2.33 bits per heavy atom. The van der Waals surface area contributed by atoms with Crippen molar-refractivity contribution in [1.29, 1.82) is 0 Å². The topological polar surface area (TPSA) is 58.6 Å². The van der Waals surface area contributed by atoms with Crippen LogP contribution in [0.1, 0.15) is 6.42 Å². The van der Waals surface area contributed by atoms with E-state index in [-0.39, 0.29) is 17.9 Å². The van der Waals surface area contributed by atoms with Gasteiger partial charge in [-0.05, 0) is 13.0 Å². The fraction of sp³-hybridized carbons (Fsp3) is 0.875. The van der Waals surface area contributed by atoms with Crippen LogP contribution < -0.4 is 5.32 Å². The molecule has 0 aromatic rings. The largest absolute Gasteiger partial charge is 0.481 e. The van der Waals surface area contributed by atoms with Gasteiger partial charge in [0.15, 0.2) is 0 Å². The first-order valence-electron chi connectivity index (χ1n) is 4.33. The second-order valence-corrected chi connectivity index (χ2v) is 3.50. The molecule has 12 heavy (non-hydrogen) atoms. The molecule has 2 N–H and O–H groups in total. The lowest BCUT2D eigenvalue weighted by Crippen LogP contribution is -2.47. The second-order valence-electron chi connectivity index (χ2n) is 3.50. The Hall–Kier alpha value is -0.610. The quantitative estimate of drug-likeness (QED) is 0.568. The number of hydrogen-bond donors (Lipinski definition) is 2. The summed E-state index contributed by atoms with van der Waals surface area (Å²) in [5.41, 5.74) is 0. The third kappa shape index (κ3) is 1.21. The molecule has 0 unspecified atom stereocenters. The number of rotatable bonds is 1. The zero-order valence-corrected chi connectivity index (χ0v) is 6.82. The van der Waals surface area contributed by atoms with Crippen molar-refractivity contribution in [2.24, 2.45) is 11.8 Å². The van der Waals surface area contributed by atoms with E-state index in [1.165, 1.54) is 0 Å². The van der Waals surface area contributed by atoms with E-state index in [1.807, 2.05) is 0 Å². The lowest BCUT2D eigenvalue weighted by molar-refractivity contribution is -0.144. The minimum absolute atomic E-state index is 0.191. The van der Waals surface area contributed by atoms with Crippen LogP contribution in [0.5, 0.6) is 0 Å². The van der Waals surface area contributed by atoms with Crippen LogP contribution in [0.3, 0.4) is 0 Å². The maximum atomic E-state index is 10.8. The summed E-state index contributed by atoms with van der Waals surface area (Å²) in [4.78, 5) is 10.8. The van der Waals surface area contributed by atoms with Gasteiger partial charge in [0.1, 0.15) is 0 Å². The van der Waals surface area contributed by atoms with Gasteiger partial charge in [-0.1, -0.05) is 0 Å². The van der Waals surface area contributed by atoms with Crippen LogP contribution in [0.4, 0.5) is 0 Å². The molecule has 68 valence electrons. The molecule has 2 heterocycles. The highest BCUT2D eigenvalue weighted by molar-refractivity contribution is 5.70. The van der Waals surface area contributed by atoms with E-state index in [4.69, 9.17) is 9.84 Å². The third-order valence-electron chi connectivity index (χ3n) is 2.82. The first-order chi connectivity index (χ1) is 5.79. The molecule has 2 saturated heterocycles. The molecule has 2 aliphatic rings. The van der Waals surface area contributed by atoms with Gasteiger partial charge in [-0.3, -0.25) is 4.79 Å². The SMILES string of the molecule is O=C(O)[C@@H]1CCN[C@@H]2COC[C@H]21. The van der Waals surface area contributed by atoms with Crippen molar-refractivity contribution in [2.75, 3.05) is 19.8 Å². The predicted octanol–water partition coefficient (Wildman–Crippen LogP) is -0.304.